The van der Waals surface area contributed by atoms with Crippen molar-refractivity contribution in [1.82, 2.24) is 9.97 Å². The van der Waals surface area contributed by atoms with E-state index >= 15 is 0 Å². The van der Waals surface area contributed by atoms with Crippen molar-refractivity contribution in [3.63, 3.8) is 0 Å². The van der Waals surface area contributed by atoms with Gasteiger partial charge in [-0.15, -0.1) is 0 Å². The lowest BCUT2D eigenvalue weighted by Crippen LogP contribution is -2.44. The van der Waals surface area contributed by atoms with E-state index < -0.39 is 0 Å². The van der Waals surface area contributed by atoms with E-state index in [-0.39, 0.29) is 12.7 Å². The van der Waals surface area contributed by atoms with Gasteiger partial charge in [-0.1, -0.05) is 11.6 Å². The van der Waals surface area contributed by atoms with Gasteiger partial charge in [-0.3, -0.25) is 0 Å². The van der Waals surface area contributed by atoms with Gasteiger partial charge in [0.2, 0.25) is 0 Å². The number of halogens is 1. The third-order valence-electron chi connectivity index (χ3n) is 2.28. The molecule has 1 aromatic heterocycles. The summed E-state index contributed by atoms with van der Waals surface area (Å²) < 4.78 is 5.34. The number of aromatic nitrogens is 2. The number of rotatable bonds is 2. The first-order valence-corrected chi connectivity index (χ1v) is 5.13. The molecule has 2 heterocycles. The molecule has 1 atom stereocenters. The maximum Gasteiger partial charge on any atom is 0.171 e. The lowest BCUT2D eigenvalue weighted by Gasteiger charge is -2.32. The third kappa shape index (κ3) is 2.37. The summed E-state index contributed by atoms with van der Waals surface area (Å²) >= 11 is 5.93. The van der Waals surface area contributed by atoms with Crippen LogP contribution in [-0.4, -0.2) is 47.5 Å². The molecule has 1 aliphatic rings. The average molecular weight is 230 g/mol. The van der Waals surface area contributed by atoms with Gasteiger partial charge in [-0.25, -0.2) is 9.97 Å². The van der Waals surface area contributed by atoms with Crippen LogP contribution in [0.5, 0.6) is 0 Å². The number of aliphatic hydroxyl groups is 1. The van der Waals surface area contributed by atoms with E-state index in [0.29, 0.717) is 24.1 Å². The molecule has 6 heteroatoms. The van der Waals surface area contributed by atoms with Gasteiger partial charge in [0.25, 0.3) is 0 Å². The van der Waals surface area contributed by atoms with E-state index in [0.717, 1.165) is 6.54 Å². The molecule has 0 aromatic carbocycles. The van der Waals surface area contributed by atoms with E-state index in [1.54, 1.807) is 12.4 Å². The van der Waals surface area contributed by atoms with Crippen LogP contribution in [0.15, 0.2) is 12.4 Å². The summed E-state index contributed by atoms with van der Waals surface area (Å²) in [5, 5.41) is 9.39. The maximum atomic E-state index is 9.00. The highest BCUT2D eigenvalue weighted by Crippen LogP contribution is 2.21. The second-order valence-electron chi connectivity index (χ2n) is 3.29. The number of morpholine rings is 1. The normalized spacial score (nSPS) is 21.7. The molecule has 0 spiro atoms. The fraction of sp³-hybridized carbons (Fsp3) is 0.556. The first-order valence-electron chi connectivity index (χ1n) is 4.75. The molecule has 0 radical (unpaired) electrons. The Hall–Kier alpha value is -0.910. The topological polar surface area (TPSA) is 58.5 Å². The molecule has 1 aromatic rings. The molecule has 5 nitrogen and oxygen atoms in total. The van der Waals surface area contributed by atoms with Crippen LogP contribution in [0.2, 0.25) is 5.15 Å². The summed E-state index contributed by atoms with van der Waals surface area (Å²) in [6.07, 6.45) is 2.98. The highest BCUT2D eigenvalue weighted by Gasteiger charge is 2.22. The number of hydrogen-bond donors (Lipinski definition) is 1. The molecule has 2 rings (SSSR count). The third-order valence-corrected chi connectivity index (χ3v) is 2.54. The molecule has 1 saturated heterocycles. The van der Waals surface area contributed by atoms with Gasteiger partial charge in [-0.2, -0.15) is 0 Å². The van der Waals surface area contributed by atoms with Crippen molar-refractivity contribution in [2.45, 2.75) is 6.10 Å². The number of aliphatic hydroxyl groups excluding tert-OH is 1. The molecule has 0 aliphatic carbocycles. The van der Waals surface area contributed by atoms with Crippen LogP contribution in [-0.2, 0) is 4.74 Å². The van der Waals surface area contributed by atoms with Gasteiger partial charge >= 0.3 is 0 Å². The van der Waals surface area contributed by atoms with Gasteiger partial charge in [-0.05, 0) is 0 Å². The van der Waals surface area contributed by atoms with E-state index in [2.05, 4.69) is 9.97 Å². The number of nitrogens with zero attached hydrogens (tertiary/aromatic N) is 3. The minimum atomic E-state index is -0.170. The quantitative estimate of drug-likeness (QED) is 0.792. The smallest absolute Gasteiger partial charge is 0.171 e. The monoisotopic (exact) mass is 229 g/mol. The molecule has 0 bridgehead atoms. The Morgan fingerprint density at radius 2 is 2.33 bits per heavy atom. The van der Waals surface area contributed by atoms with Crippen LogP contribution < -0.4 is 4.90 Å². The van der Waals surface area contributed by atoms with Crippen molar-refractivity contribution >= 4 is 17.4 Å². The first kappa shape index (κ1) is 10.6. The van der Waals surface area contributed by atoms with Crippen molar-refractivity contribution in [3.05, 3.63) is 17.5 Å². The van der Waals surface area contributed by atoms with E-state index in [1.165, 1.54) is 0 Å². The Kier molecular flexibility index (Phi) is 3.35. The second-order valence-corrected chi connectivity index (χ2v) is 3.65. The van der Waals surface area contributed by atoms with Crippen LogP contribution in [0.25, 0.3) is 0 Å². The SMILES string of the molecule is OCC1CN(c2nccnc2Cl)CCO1. The number of ether oxygens (including phenoxy) is 1. The van der Waals surface area contributed by atoms with Crippen LogP contribution in [0.4, 0.5) is 5.82 Å². The van der Waals surface area contributed by atoms with Gasteiger partial charge < -0.3 is 14.7 Å². The summed E-state index contributed by atoms with van der Waals surface area (Å²) in [6, 6.07) is 0. The minimum absolute atomic E-state index is 0.00831. The van der Waals surface area contributed by atoms with Crippen molar-refractivity contribution in [1.29, 1.82) is 0 Å². The zero-order valence-electron chi connectivity index (χ0n) is 8.14. The second kappa shape index (κ2) is 4.74. The van der Waals surface area contributed by atoms with Gasteiger partial charge in [0, 0.05) is 25.5 Å². The predicted octanol–water partition coefficient (Wildman–Crippen LogP) is 0.327. The van der Waals surface area contributed by atoms with Crippen molar-refractivity contribution in [3.8, 4) is 0 Å². The first-order chi connectivity index (χ1) is 7.31. The Morgan fingerprint density at radius 1 is 1.53 bits per heavy atom. The molecule has 0 saturated carbocycles. The van der Waals surface area contributed by atoms with Crippen LogP contribution in [0.1, 0.15) is 0 Å². The Bertz CT molecular complexity index is 337. The highest BCUT2D eigenvalue weighted by atomic mass is 35.5. The van der Waals surface area contributed by atoms with Crippen LogP contribution in [0, 0.1) is 0 Å². The van der Waals surface area contributed by atoms with Crippen LogP contribution >= 0.6 is 11.6 Å². The predicted molar refractivity (Wildman–Crippen MR) is 56.1 cm³/mol. The minimum Gasteiger partial charge on any atom is -0.394 e. The van der Waals surface area contributed by atoms with E-state index in [4.69, 9.17) is 21.4 Å². The largest absolute Gasteiger partial charge is 0.394 e. The molecule has 1 aliphatic heterocycles. The summed E-state index contributed by atoms with van der Waals surface area (Å²) in [4.78, 5) is 10.1. The van der Waals surface area contributed by atoms with E-state index in [1.807, 2.05) is 4.90 Å². The molecule has 1 fully saturated rings. The molecule has 1 N–H and O–H groups in total. The van der Waals surface area contributed by atoms with Crippen molar-refractivity contribution in [2.24, 2.45) is 0 Å². The van der Waals surface area contributed by atoms with Gasteiger partial charge in [0.15, 0.2) is 11.0 Å². The number of anilines is 1. The van der Waals surface area contributed by atoms with Gasteiger partial charge in [0.1, 0.15) is 0 Å². The molecular weight excluding hydrogens is 218 g/mol. The lowest BCUT2D eigenvalue weighted by atomic mass is 10.3. The summed E-state index contributed by atoms with van der Waals surface area (Å²) in [5.74, 6) is 0.654. The summed E-state index contributed by atoms with van der Waals surface area (Å²) in [7, 11) is 0. The zero-order valence-corrected chi connectivity index (χ0v) is 8.89. The standard InChI is InChI=1S/C9H12ClN3O2/c10-8-9(12-2-1-11-8)13-3-4-15-7(5-13)6-14/h1-2,7,14H,3-6H2. The molecule has 15 heavy (non-hydrogen) atoms. The Balaban J connectivity index is 2.13. The van der Waals surface area contributed by atoms with E-state index in [9.17, 15) is 0 Å². The van der Waals surface area contributed by atoms with Crippen LogP contribution in [0.3, 0.4) is 0 Å². The Morgan fingerprint density at radius 3 is 3.07 bits per heavy atom. The summed E-state index contributed by atoms with van der Waals surface area (Å²) in [6.45, 7) is 1.89. The summed E-state index contributed by atoms with van der Waals surface area (Å²) in [5.41, 5.74) is 0. The average Bonchev–Trinajstić information content (AvgIpc) is 2.30. The fourth-order valence-electron chi connectivity index (χ4n) is 1.55. The lowest BCUT2D eigenvalue weighted by molar-refractivity contribution is 0.00335. The maximum absolute atomic E-state index is 9.00. The highest BCUT2D eigenvalue weighted by molar-refractivity contribution is 6.31. The molecule has 82 valence electrons. The fourth-order valence-corrected chi connectivity index (χ4v) is 1.77. The van der Waals surface area contributed by atoms with Crippen molar-refractivity contribution in [2.75, 3.05) is 31.2 Å². The molecule has 0 amide bonds. The van der Waals surface area contributed by atoms with Gasteiger partial charge in [0.05, 0.1) is 19.3 Å². The zero-order chi connectivity index (χ0) is 10.7. The molecule has 1 unspecified atom stereocenters. The Labute approximate surface area is 92.7 Å². The van der Waals surface area contributed by atoms with Crippen molar-refractivity contribution < 1.29 is 9.84 Å². The number of hydrogen-bond acceptors (Lipinski definition) is 5. The molecular formula is C9H12ClN3O2.